The number of ether oxygens (including phenoxy) is 4. The van der Waals surface area contributed by atoms with Crippen molar-refractivity contribution in [3.05, 3.63) is 47.0 Å². The highest BCUT2D eigenvalue weighted by Gasteiger charge is 2.20. The highest BCUT2D eigenvalue weighted by atomic mass is 16.5. The van der Waals surface area contributed by atoms with E-state index in [2.05, 4.69) is 0 Å². The zero-order valence-electron chi connectivity index (χ0n) is 13.9. The second kappa shape index (κ2) is 7.05. The van der Waals surface area contributed by atoms with E-state index in [1.807, 2.05) is 13.0 Å². The quantitative estimate of drug-likeness (QED) is 0.766. The third-order valence-corrected chi connectivity index (χ3v) is 3.51. The van der Waals surface area contributed by atoms with Crippen molar-refractivity contribution >= 4 is 5.78 Å². The average Bonchev–Trinajstić information content (AvgIpc) is 2.59. The molecule has 23 heavy (non-hydrogen) atoms. The molecule has 2 rings (SSSR count). The molecule has 0 unspecified atom stereocenters. The van der Waals surface area contributed by atoms with Crippen LogP contribution in [0.2, 0.25) is 0 Å². The van der Waals surface area contributed by atoms with Crippen molar-refractivity contribution in [3.63, 3.8) is 0 Å². The van der Waals surface area contributed by atoms with Gasteiger partial charge in [-0.25, -0.2) is 0 Å². The first-order chi connectivity index (χ1) is 11.0. The Morgan fingerprint density at radius 3 is 2.00 bits per heavy atom. The minimum atomic E-state index is -0.176. The number of aryl methyl sites for hydroxylation is 1. The lowest BCUT2D eigenvalue weighted by Crippen LogP contribution is -2.06. The molecule has 0 amide bonds. The van der Waals surface area contributed by atoms with Crippen molar-refractivity contribution in [1.29, 1.82) is 0 Å². The molecule has 0 saturated carbocycles. The van der Waals surface area contributed by atoms with Gasteiger partial charge in [0.25, 0.3) is 0 Å². The molecular formula is C18H20O5. The Morgan fingerprint density at radius 2 is 1.43 bits per heavy atom. The predicted octanol–water partition coefficient (Wildman–Crippen LogP) is 3.26. The zero-order chi connectivity index (χ0) is 17.0. The van der Waals surface area contributed by atoms with Gasteiger partial charge in [-0.3, -0.25) is 4.79 Å². The van der Waals surface area contributed by atoms with Crippen molar-refractivity contribution < 1.29 is 23.7 Å². The second-order valence-electron chi connectivity index (χ2n) is 4.95. The van der Waals surface area contributed by atoms with E-state index in [1.54, 1.807) is 38.5 Å². The SMILES string of the molecule is COc1ccc(C(=O)c2cc(C)cc(OC)c2OC)cc1OC. The first-order valence-corrected chi connectivity index (χ1v) is 7.05. The van der Waals surface area contributed by atoms with Crippen LogP contribution in [-0.2, 0) is 0 Å². The fraction of sp³-hybridized carbons (Fsp3) is 0.278. The molecule has 0 heterocycles. The van der Waals surface area contributed by atoms with Crippen LogP contribution in [0.15, 0.2) is 30.3 Å². The summed E-state index contributed by atoms with van der Waals surface area (Å²) in [5.41, 5.74) is 1.83. The van der Waals surface area contributed by atoms with Gasteiger partial charge in [-0.05, 0) is 42.8 Å². The summed E-state index contributed by atoms with van der Waals surface area (Å²) in [6, 6.07) is 8.64. The molecule has 0 fully saturated rings. The van der Waals surface area contributed by atoms with Crippen LogP contribution in [0, 0.1) is 6.92 Å². The summed E-state index contributed by atoms with van der Waals surface area (Å²) < 4.78 is 21.1. The summed E-state index contributed by atoms with van der Waals surface area (Å²) in [5, 5.41) is 0. The number of carbonyl (C=O) groups is 1. The normalized spacial score (nSPS) is 10.1. The van der Waals surface area contributed by atoms with E-state index in [9.17, 15) is 4.79 Å². The summed E-state index contributed by atoms with van der Waals surface area (Å²) >= 11 is 0. The smallest absolute Gasteiger partial charge is 0.197 e. The Hall–Kier alpha value is -2.69. The molecule has 0 radical (unpaired) electrons. The van der Waals surface area contributed by atoms with Gasteiger partial charge >= 0.3 is 0 Å². The number of ketones is 1. The number of benzene rings is 2. The topological polar surface area (TPSA) is 54.0 Å². The van der Waals surface area contributed by atoms with Crippen molar-refractivity contribution in [3.8, 4) is 23.0 Å². The lowest BCUT2D eigenvalue weighted by Gasteiger charge is -2.14. The van der Waals surface area contributed by atoms with Crippen molar-refractivity contribution in [2.24, 2.45) is 0 Å². The molecule has 0 N–H and O–H groups in total. The molecule has 0 aliphatic carbocycles. The first kappa shape index (κ1) is 16.7. The molecule has 2 aromatic carbocycles. The Kier molecular flexibility index (Phi) is 5.11. The van der Waals surface area contributed by atoms with Crippen molar-refractivity contribution in [2.75, 3.05) is 28.4 Å². The van der Waals surface area contributed by atoms with Crippen LogP contribution in [0.1, 0.15) is 21.5 Å². The van der Waals surface area contributed by atoms with Crippen LogP contribution in [0.5, 0.6) is 23.0 Å². The first-order valence-electron chi connectivity index (χ1n) is 7.05. The van der Waals surface area contributed by atoms with Crippen LogP contribution in [0.4, 0.5) is 0 Å². The maximum absolute atomic E-state index is 12.9. The van der Waals surface area contributed by atoms with E-state index in [0.29, 0.717) is 34.1 Å². The lowest BCUT2D eigenvalue weighted by atomic mass is 9.99. The molecule has 0 bridgehead atoms. The average molecular weight is 316 g/mol. The van der Waals surface area contributed by atoms with Gasteiger partial charge in [0.15, 0.2) is 28.8 Å². The molecule has 0 aliphatic rings. The van der Waals surface area contributed by atoms with Crippen LogP contribution in [-0.4, -0.2) is 34.2 Å². The number of carbonyl (C=O) groups excluding carboxylic acids is 1. The van der Waals surface area contributed by atoms with Crippen LogP contribution < -0.4 is 18.9 Å². The summed E-state index contributed by atoms with van der Waals surface area (Å²) in [5.74, 6) is 1.83. The molecule has 0 aliphatic heterocycles. The van der Waals surface area contributed by atoms with E-state index in [0.717, 1.165) is 5.56 Å². The van der Waals surface area contributed by atoms with E-state index < -0.39 is 0 Å². The van der Waals surface area contributed by atoms with Gasteiger partial charge in [0.05, 0.1) is 34.0 Å². The van der Waals surface area contributed by atoms with E-state index in [4.69, 9.17) is 18.9 Å². The molecule has 0 saturated heterocycles. The minimum absolute atomic E-state index is 0.176. The Balaban J connectivity index is 2.54. The van der Waals surface area contributed by atoms with E-state index in [1.165, 1.54) is 14.2 Å². The maximum Gasteiger partial charge on any atom is 0.197 e. The summed E-state index contributed by atoms with van der Waals surface area (Å²) in [6.07, 6.45) is 0. The lowest BCUT2D eigenvalue weighted by molar-refractivity contribution is 0.103. The Bertz CT molecular complexity index is 722. The van der Waals surface area contributed by atoms with Crippen molar-refractivity contribution in [1.82, 2.24) is 0 Å². The van der Waals surface area contributed by atoms with Gasteiger partial charge in [0.1, 0.15) is 0 Å². The third-order valence-electron chi connectivity index (χ3n) is 3.51. The number of hydrogen-bond donors (Lipinski definition) is 0. The number of methoxy groups -OCH3 is 4. The molecule has 0 spiro atoms. The standard InChI is InChI=1S/C18H20O5/c1-11-8-13(18(23-5)16(9-11)22-4)17(19)12-6-7-14(20-2)15(10-12)21-3/h6-10H,1-5H3. The molecular weight excluding hydrogens is 296 g/mol. The van der Waals surface area contributed by atoms with E-state index >= 15 is 0 Å². The van der Waals surface area contributed by atoms with Crippen LogP contribution in [0.3, 0.4) is 0 Å². The Morgan fingerprint density at radius 1 is 0.783 bits per heavy atom. The fourth-order valence-electron chi connectivity index (χ4n) is 2.40. The van der Waals surface area contributed by atoms with Gasteiger partial charge in [-0.15, -0.1) is 0 Å². The summed E-state index contributed by atoms with van der Waals surface area (Å²) in [6.45, 7) is 1.90. The zero-order valence-corrected chi connectivity index (χ0v) is 13.9. The van der Waals surface area contributed by atoms with Gasteiger partial charge < -0.3 is 18.9 Å². The van der Waals surface area contributed by atoms with Gasteiger partial charge in [-0.2, -0.15) is 0 Å². The number of hydrogen-bond acceptors (Lipinski definition) is 5. The molecule has 2 aromatic rings. The Labute approximate surface area is 135 Å². The number of rotatable bonds is 6. The molecule has 0 atom stereocenters. The summed E-state index contributed by atoms with van der Waals surface area (Å²) in [4.78, 5) is 12.9. The van der Waals surface area contributed by atoms with Gasteiger partial charge in [-0.1, -0.05) is 0 Å². The van der Waals surface area contributed by atoms with Gasteiger partial charge in [0.2, 0.25) is 0 Å². The monoisotopic (exact) mass is 316 g/mol. The van der Waals surface area contributed by atoms with Crippen LogP contribution in [0.25, 0.3) is 0 Å². The largest absolute Gasteiger partial charge is 0.493 e. The van der Waals surface area contributed by atoms with Gasteiger partial charge in [0, 0.05) is 5.56 Å². The fourth-order valence-corrected chi connectivity index (χ4v) is 2.40. The van der Waals surface area contributed by atoms with Crippen molar-refractivity contribution in [2.45, 2.75) is 6.92 Å². The highest BCUT2D eigenvalue weighted by molar-refractivity contribution is 6.11. The molecule has 122 valence electrons. The summed E-state index contributed by atoms with van der Waals surface area (Å²) in [7, 11) is 6.14. The molecule has 5 nitrogen and oxygen atoms in total. The third kappa shape index (κ3) is 3.23. The second-order valence-corrected chi connectivity index (χ2v) is 4.95. The van der Waals surface area contributed by atoms with Crippen LogP contribution >= 0.6 is 0 Å². The highest BCUT2D eigenvalue weighted by Crippen LogP contribution is 2.35. The molecule has 0 aromatic heterocycles. The molecule has 5 heteroatoms. The minimum Gasteiger partial charge on any atom is -0.493 e. The predicted molar refractivity (Wildman–Crippen MR) is 87.3 cm³/mol. The maximum atomic E-state index is 12.9. The van der Waals surface area contributed by atoms with E-state index in [-0.39, 0.29) is 5.78 Å².